The van der Waals surface area contributed by atoms with Crippen LogP contribution >= 0.6 is 11.3 Å². The SMILES string of the molecule is CCOC(=O)c1cn2c(nc3ccc(C(=O)OS(=O)(=O)O)c(F)c32)s1. The molecule has 0 fully saturated rings. The van der Waals surface area contributed by atoms with Gasteiger partial charge in [0.2, 0.25) is 0 Å². The molecule has 25 heavy (non-hydrogen) atoms. The Morgan fingerprint density at radius 1 is 1.36 bits per heavy atom. The maximum absolute atomic E-state index is 14.7. The second-order valence-corrected chi connectivity index (χ2v) is 6.70. The van der Waals surface area contributed by atoms with E-state index in [2.05, 4.69) is 9.17 Å². The third-order valence-electron chi connectivity index (χ3n) is 3.08. The van der Waals surface area contributed by atoms with Crippen LogP contribution in [0.1, 0.15) is 27.0 Å². The van der Waals surface area contributed by atoms with Crippen LogP contribution in [0.5, 0.6) is 0 Å². The second-order valence-electron chi connectivity index (χ2n) is 4.67. The molecule has 0 atom stereocenters. The van der Waals surface area contributed by atoms with E-state index in [1.165, 1.54) is 16.7 Å². The average Bonchev–Trinajstić information content (AvgIpc) is 3.03. The molecule has 132 valence electrons. The highest BCUT2D eigenvalue weighted by atomic mass is 32.3. The quantitative estimate of drug-likeness (QED) is 0.530. The standard InChI is InChI=1S/C13H9FN2O7S2/c1-2-22-12(18)8-5-16-10-7(15-13(16)24-8)4-3-6(9(10)14)11(17)23-25(19,20)21/h3-5H,2H2,1H3,(H,19,20,21). The first kappa shape index (κ1) is 17.3. The van der Waals surface area contributed by atoms with E-state index in [1.54, 1.807) is 6.92 Å². The average molecular weight is 388 g/mol. The van der Waals surface area contributed by atoms with Crippen molar-refractivity contribution in [3.05, 3.63) is 34.6 Å². The van der Waals surface area contributed by atoms with Crippen molar-refractivity contribution in [3.63, 3.8) is 0 Å². The summed E-state index contributed by atoms with van der Waals surface area (Å²) in [6.45, 7) is 1.80. The molecule has 0 bridgehead atoms. The molecule has 0 aliphatic rings. The summed E-state index contributed by atoms with van der Waals surface area (Å²) in [5.41, 5.74) is -0.676. The van der Waals surface area contributed by atoms with Gasteiger partial charge in [0.1, 0.15) is 10.4 Å². The van der Waals surface area contributed by atoms with Gasteiger partial charge in [0.25, 0.3) is 0 Å². The number of benzene rings is 1. The summed E-state index contributed by atoms with van der Waals surface area (Å²) in [7, 11) is -5.08. The van der Waals surface area contributed by atoms with Crippen molar-refractivity contribution < 1.29 is 35.9 Å². The molecule has 0 saturated carbocycles. The van der Waals surface area contributed by atoms with E-state index in [0.717, 1.165) is 17.4 Å². The minimum atomic E-state index is -5.08. The van der Waals surface area contributed by atoms with Gasteiger partial charge >= 0.3 is 22.3 Å². The van der Waals surface area contributed by atoms with Crippen LogP contribution in [0.2, 0.25) is 0 Å². The van der Waals surface area contributed by atoms with E-state index in [4.69, 9.17) is 9.29 Å². The lowest BCUT2D eigenvalue weighted by molar-refractivity contribution is 0.0531. The van der Waals surface area contributed by atoms with Gasteiger partial charge in [0, 0.05) is 6.20 Å². The van der Waals surface area contributed by atoms with Crippen molar-refractivity contribution in [2.24, 2.45) is 0 Å². The molecule has 3 rings (SSSR count). The molecule has 0 aliphatic carbocycles. The summed E-state index contributed by atoms with van der Waals surface area (Å²) in [6.07, 6.45) is 1.30. The monoisotopic (exact) mass is 388 g/mol. The number of imidazole rings is 1. The fraction of sp³-hybridized carbons (Fsp3) is 0.154. The molecule has 0 radical (unpaired) electrons. The number of esters is 1. The highest BCUT2D eigenvalue weighted by molar-refractivity contribution is 7.81. The van der Waals surface area contributed by atoms with E-state index in [1.807, 2.05) is 0 Å². The molecule has 9 nitrogen and oxygen atoms in total. The number of fused-ring (bicyclic) bond motifs is 3. The number of aromatic nitrogens is 2. The molecule has 0 unspecified atom stereocenters. The minimum Gasteiger partial charge on any atom is -0.462 e. The van der Waals surface area contributed by atoms with Gasteiger partial charge in [-0.3, -0.25) is 8.95 Å². The Morgan fingerprint density at radius 2 is 2.08 bits per heavy atom. The third-order valence-corrected chi connectivity index (χ3v) is 4.41. The third kappa shape index (κ3) is 3.18. The van der Waals surface area contributed by atoms with Crippen molar-refractivity contribution in [2.75, 3.05) is 6.61 Å². The summed E-state index contributed by atoms with van der Waals surface area (Å²) in [5, 5.41) is 0. The lowest BCUT2D eigenvalue weighted by Crippen LogP contribution is -2.13. The summed E-state index contributed by atoms with van der Waals surface area (Å²) in [5.74, 6) is -3.29. The van der Waals surface area contributed by atoms with Gasteiger partial charge in [-0.25, -0.2) is 19.0 Å². The number of halogens is 1. The molecule has 2 heterocycles. The Morgan fingerprint density at radius 3 is 2.72 bits per heavy atom. The number of nitrogens with zero attached hydrogens (tertiary/aromatic N) is 2. The number of hydrogen-bond donors (Lipinski definition) is 1. The van der Waals surface area contributed by atoms with E-state index in [0.29, 0.717) is 0 Å². The molecular weight excluding hydrogens is 379 g/mol. The smallest absolute Gasteiger partial charge is 0.449 e. The normalized spacial score (nSPS) is 11.8. The van der Waals surface area contributed by atoms with Gasteiger partial charge in [-0.15, -0.1) is 0 Å². The zero-order valence-electron chi connectivity index (χ0n) is 12.4. The zero-order valence-corrected chi connectivity index (χ0v) is 14.1. The number of thiazole rings is 1. The van der Waals surface area contributed by atoms with Crippen LogP contribution in [0.4, 0.5) is 4.39 Å². The highest BCUT2D eigenvalue weighted by Crippen LogP contribution is 2.28. The second kappa shape index (κ2) is 6.06. The van der Waals surface area contributed by atoms with E-state index < -0.39 is 33.7 Å². The van der Waals surface area contributed by atoms with Crippen molar-refractivity contribution in [1.82, 2.24) is 9.38 Å². The van der Waals surface area contributed by atoms with Crippen LogP contribution in [-0.4, -0.2) is 40.9 Å². The Bertz CT molecular complexity index is 1120. The zero-order chi connectivity index (χ0) is 18.4. The lowest BCUT2D eigenvalue weighted by atomic mass is 10.2. The maximum atomic E-state index is 14.7. The fourth-order valence-corrected chi connectivity index (χ4v) is 3.32. The molecule has 12 heteroatoms. The van der Waals surface area contributed by atoms with Gasteiger partial charge in [-0.05, 0) is 19.1 Å². The van der Waals surface area contributed by atoms with Crippen LogP contribution in [-0.2, 0) is 19.3 Å². The molecule has 2 aromatic heterocycles. The van der Waals surface area contributed by atoms with Crippen molar-refractivity contribution in [2.45, 2.75) is 6.92 Å². The summed E-state index contributed by atoms with van der Waals surface area (Å²) in [4.78, 5) is 28.0. The first-order chi connectivity index (χ1) is 11.7. The minimum absolute atomic E-state index is 0.147. The highest BCUT2D eigenvalue weighted by Gasteiger charge is 2.24. The fourth-order valence-electron chi connectivity index (χ4n) is 2.15. The van der Waals surface area contributed by atoms with Crippen molar-refractivity contribution in [1.29, 1.82) is 0 Å². The van der Waals surface area contributed by atoms with Gasteiger partial charge < -0.3 is 8.92 Å². The first-order valence-corrected chi connectivity index (χ1v) is 8.88. The molecule has 0 spiro atoms. The number of ether oxygens (including phenoxy) is 1. The van der Waals surface area contributed by atoms with Crippen molar-refractivity contribution >= 4 is 49.7 Å². The Kier molecular flexibility index (Phi) is 4.18. The number of carbonyl (C=O) groups is 2. The Hall–Kier alpha value is -2.57. The molecule has 1 aromatic carbocycles. The predicted octanol–water partition coefficient (Wildman–Crippen LogP) is 1.82. The van der Waals surface area contributed by atoms with Gasteiger partial charge in [0.15, 0.2) is 10.8 Å². The molecular formula is C13H9FN2O7S2. The Labute approximate surface area is 143 Å². The van der Waals surface area contributed by atoms with Crippen LogP contribution in [0.25, 0.3) is 16.0 Å². The van der Waals surface area contributed by atoms with Gasteiger partial charge in [-0.2, -0.15) is 8.42 Å². The number of carbonyl (C=O) groups excluding carboxylic acids is 2. The lowest BCUT2D eigenvalue weighted by Gasteiger charge is -2.03. The summed E-state index contributed by atoms with van der Waals surface area (Å²) >= 11 is 0.963. The number of rotatable bonds is 4. The molecule has 1 N–H and O–H groups in total. The van der Waals surface area contributed by atoms with Gasteiger partial charge in [0.05, 0.1) is 17.7 Å². The predicted molar refractivity (Wildman–Crippen MR) is 83.5 cm³/mol. The maximum Gasteiger partial charge on any atom is 0.449 e. The van der Waals surface area contributed by atoms with Crippen molar-refractivity contribution in [3.8, 4) is 0 Å². The van der Waals surface area contributed by atoms with Crippen LogP contribution in [0, 0.1) is 5.82 Å². The molecule has 0 amide bonds. The van der Waals surface area contributed by atoms with Crippen LogP contribution in [0.15, 0.2) is 18.3 Å². The van der Waals surface area contributed by atoms with Gasteiger partial charge in [-0.1, -0.05) is 11.3 Å². The molecule has 0 aliphatic heterocycles. The van der Waals surface area contributed by atoms with E-state index in [-0.39, 0.29) is 27.5 Å². The first-order valence-electron chi connectivity index (χ1n) is 6.69. The number of hydrogen-bond acceptors (Lipinski definition) is 8. The van der Waals surface area contributed by atoms with Crippen LogP contribution in [0.3, 0.4) is 0 Å². The topological polar surface area (TPSA) is 124 Å². The summed E-state index contributed by atoms with van der Waals surface area (Å²) in [6, 6.07) is 2.26. The molecule has 3 aromatic rings. The van der Waals surface area contributed by atoms with E-state index in [9.17, 15) is 22.4 Å². The summed E-state index contributed by atoms with van der Waals surface area (Å²) < 4.78 is 54.3. The Balaban J connectivity index is 2.14. The molecule has 0 saturated heterocycles. The largest absolute Gasteiger partial charge is 0.462 e. The van der Waals surface area contributed by atoms with E-state index >= 15 is 0 Å². The van der Waals surface area contributed by atoms with Crippen LogP contribution < -0.4 is 0 Å².